The minimum atomic E-state index is -0.471. The number of nitro groups is 1. The Morgan fingerprint density at radius 2 is 2.13 bits per heavy atom. The van der Waals surface area contributed by atoms with Gasteiger partial charge in [0, 0.05) is 12.1 Å². The molecule has 0 aliphatic carbocycles. The Labute approximate surface area is 87.1 Å². The van der Waals surface area contributed by atoms with Crippen molar-refractivity contribution < 1.29 is 9.66 Å². The van der Waals surface area contributed by atoms with Crippen molar-refractivity contribution in [2.24, 2.45) is 5.92 Å². The number of non-ortho nitro benzene ring substituents is 1. The molecule has 0 fully saturated rings. The van der Waals surface area contributed by atoms with Gasteiger partial charge in [0.25, 0.3) is 5.69 Å². The molecule has 1 aromatic carbocycles. The lowest BCUT2D eigenvalue weighted by Crippen LogP contribution is -2.05. The Kier molecular flexibility index (Phi) is 3.63. The first kappa shape index (κ1) is 11.0. The smallest absolute Gasteiger partial charge is 0.269 e. The van der Waals surface area contributed by atoms with Crippen LogP contribution in [0.2, 0.25) is 0 Å². The van der Waals surface area contributed by atoms with E-state index in [1.165, 1.54) is 24.3 Å². The number of hydrogen-bond donors (Lipinski definition) is 0. The lowest BCUT2D eigenvalue weighted by molar-refractivity contribution is -0.384. The second-order valence-electron chi connectivity index (χ2n) is 3.09. The zero-order valence-electron chi connectivity index (χ0n) is 8.21. The van der Waals surface area contributed by atoms with Gasteiger partial charge in [-0.3, -0.25) is 10.1 Å². The fraction of sp³-hybridized carbons (Fsp3) is 0.300. The molecule has 0 spiro atoms. The van der Waals surface area contributed by atoms with Crippen LogP contribution in [0.25, 0.3) is 0 Å². The fourth-order valence-corrected chi connectivity index (χ4v) is 0.923. The first-order valence-corrected chi connectivity index (χ1v) is 4.40. The van der Waals surface area contributed by atoms with Crippen LogP contribution in [-0.4, -0.2) is 11.5 Å². The van der Waals surface area contributed by atoms with E-state index in [1.54, 1.807) is 6.92 Å². The molecule has 0 aliphatic heterocycles. The highest BCUT2D eigenvalue weighted by atomic mass is 16.6. The topological polar surface area (TPSA) is 76.2 Å². The first-order valence-electron chi connectivity index (χ1n) is 4.40. The van der Waals surface area contributed by atoms with Gasteiger partial charge in [-0.05, 0) is 19.1 Å². The Bertz CT molecular complexity index is 381. The van der Waals surface area contributed by atoms with Crippen molar-refractivity contribution in [3.8, 4) is 11.8 Å². The molecule has 1 aromatic rings. The fourth-order valence-electron chi connectivity index (χ4n) is 0.923. The summed E-state index contributed by atoms with van der Waals surface area (Å²) >= 11 is 0. The van der Waals surface area contributed by atoms with Crippen molar-refractivity contribution >= 4 is 5.69 Å². The molecule has 0 amide bonds. The predicted molar refractivity (Wildman–Crippen MR) is 53.4 cm³/mol. The Morgan fingerprint density at radius 1 is 1.53 bits per heavy atom. The predicted octanol–water partition coefficient (Wildman–Crippen LogP) is 2.13. The molecule has 0 N–H and O–H groups in total. The number of nitro benzene ring substituents is 1. The van der Waals surface area contributed by atoms with Crippen LogP contribution in [0.15, 0.2) is 24.3 Å². The number of nitriles is 1. The molecule has 0 aromatic heterocycles. The molecule has 5 nitrogen and oxygen atoms in total. The third kappa shape index (κ3) is 3.27. The highest BCUT2D eigenvalue weighted by Gasteiger charge is 2.05. The number of ether oxygens (including phenoxy) is 1. The van der Waals surface area contributed by atoms with E-state index in [0.717, 1.165) is 0 Å². The summed E-state index contributed by atoms with van der Waals surface area (Å²) in [7, 11) is 0. The Hall–Kier alpha value is -2.09. The van der Waals surface area contributed by atoms with Gasteiger partial charge in [-0.25, -0.2) is 0 Å². The van der Waals surface area contributed by atoms with E-state index in [4.69, 9.17) is 10.00 Å². The normalized spacial score (nSPS) is 11.5. The Balaban J connectivity index is 2.58. The molecular formula is C10H10N2O3. The average Bonchev–Trinajstić information content (AvgIpc) is 2.26. The third-order valence-electron chi connectivity index (χ3n) is 1.77. The monoisotopic (exact) mass is 206 g/mol. The van der Waals surface area contributed by atoms with Crippen LogP contribution in [0, 0.1) is 27.4 Å². The van der Waals surface area contributed by atoms with E-state index in [2.05, 4.69) is 0 Å². The van der Waals surface area contributed by atoms with E-state index >= 15 is 0 Å². The zero-order valence-corrected chi connectivity index (χ0v) is 8.21. The van der Waals surface area contributed by atoms with Crippen LogP contribution >= 0.6 is 0 Å². The van der Waals surface area contributed by atoms with Gasteiger partial charge in [-0.2, -0.15) is 5.26 Å². The second kappa shape index (κ2) is 4.96. The SMILES string of the molecule is CC(C#N)COc1ccc([N+](=O)[O-])cc1. The van der Waals surface area contributed by atoms with E-state index in [0.29, 0.717) is 5.75 Å². The first-order chi connectivity index (χ1) is 7.13. The maximum absolute atomic E-state index is 10.3. The number of hydrogen-bond acceptors (Lipinski definition) is 4. The van der Waals surface area contributed by atoms with Crippen molar-refractivity contribution in [1.82, 2.24) is 0 Å². The largest absolute Gasteiger partial charge is 0.492 e. The molecule has 1 atom stereocenters. The molecule has 78 valence electrons. The van der Waals surface area contributed by atoms with Crippen LogP contribution in [-0.2, 0) is 0 Å². The summed E-state index contributed by atoms with van der Waals surface area (Å²) in [5, 5.41) is 18.9. The number of rotatable bonds is 4. The van der Waals surface area contributed by atoms with Gasteiger partial charge >= 0.3 is 0 Å². The summed E-state index contributed by atoms with van der Waals surface area (Å²) in [6.45, 7) is 2.03. The molecule has 0 bridgehead atoms. The van der Waals surface area contributed by atoms with Crippen LogP contribution in [0.4, 0.5) is 5.69 Å². The van der Waals surface area contributed by atoms with Gasteiger partial charge in [-0.1, -0.05) is 0 Å². The number of nitrogens with zero attached hydrogens (tertiary/aromatic N) is 2. The molecule has 0 radical (unpaired) electrons. The molecule has 1 unspecified atom stereocenters. The van der Waals surface area contributed by atoms with E-state index in [9.17, 15) is 10.1 Å². The summed E-state index contributed by atoms with van der Waals surface area (Å²) in [5.41, 5.74) is 0.0238. The second-order valence-corrected chi connectivity index (χ2v) is 3.09. The van der Waals surface area contributed by atoms with Crippen molar-refractivity contribution in [3.63, 3.8) is 0 Å². The van der Waals surface area contributed by atoms with E-state index in [-0.39, 0.29) is 18.2 Å². The quantitative estimate of drug-likeness (QED) is 0.558. The summed E-state index contributed by atoms with van der Waals surface area (Å²) in [6, 6.07) is 7.80. The summed E-state index contributed by atoms with van der Waals surface area (Å²) in [6.07, 6.45) is 0. The lowest BCUT2D eigenvalue weighted by Gasteiger charge is -2.06. The van der Waals surface area contributed by atoms with Gasteiger partial charge in [0.05, 0.1) is 16.9 Å². The zero-order chi connectivity index (χ0) is 11.3. The minimum absolute atomic E-state index is 0.0238. The van der Waals surface area contributed by atoms with Gasteiger partial charge in [0.2, 0.25) is 0 Å². The van der Waals surface area contributed by atoms with Gasteiger partial charge < -0.3 is 4.74 Å². The third-order valence-corrected chi connectivity index (χ3v) is 1.77. The summed E-state index contributed by atoms with van der Waals surface area (Å²) < 4.78 is 5.25. The molecular weight excluding hydrogens is 196 g/mol. The van der Waals surface area contributed by atoms with Crippen LogP contribution in [0.1, 0.15) is 6.92 Å². The standard InChI is InChI=1S/C10H10N2O3/c1-8(6-11)7-15-10-4-2-9(3-5-10)12(13)14/h2-5,8H,7H2,1H3. The highest BCUT2D eigenvalue weighted by Crippen LogP contribution is 2.17. The molecule has 0 heterocycles. The van der Waals surface area contributed by atoms with Crippen molar-refractivity contribution in [2.45, 2.75) is 6.92 Å². The molecule has 0 saturated carbocycles. The van der Waals surface area contributed by atoms with Crippen molar-refractivity contribution in [1.29, 1.82) is 5.26 Å². The molecule has 0 aliphatic rings. The van der Waals surface area contributed by atoms with Crippen molar-refractivity contribution in [3.05, 3.63) is 34.4 Å². The number of benzene rings is 1. The van der Waals surface area contributed by atoms with Crippen LogP contribution in [0.5, 0.6) is 5.75 Å². The van der Waals surface area contributed by atoms with Gasteiger partial charge in [0.15, 0.2) is 0 Å². The van der Waals surface area contributed by atoms with Crippen LogP contribution in [0.3, 0.4) is 0 Å². The Morgan fingerprint density at radius 3 is 2.60 bits per heavy atom. The van der Waals surface area contributed by atoms with Gasteiger partial charge in [0.1, 0.15) is 12.4 Å². The summed E-state index contributed by atoms with van der Waals surface area (Å²) in [4.78, 5) is 9.88. The average molecular weight is 206 g/mol. The van der Waals surface area contributed by atoms with E-state index < -0.39 is 4.92 Å². The maximum atomic E-state index is 10.3. The molecule has 0 saturated heterocycles. The summed E-state index contributed by atoms with van der Waals surface area (Å²) in [5.74, 6) is 0.336. The van der Waals surface area contributed by atoms with Crippen LogP contribution < -0.4 is 4.74 Å². The minimum Gasteiger partial charge on any atom is -0.492 e. The molecule has 15 heavy (non-hydrogen) atoms. The highest BCUT2D eigenvalue weighted by molar-refractivity contribution is 5.35. The maximum Gasteiger partial charge on any atom is 0.269 e. The molecule has 1 rings (SSSR count). The lowest BCUT2D eigenvalue weighted by atomic mass is 10.2. The molecule has 5 heteroatoms. The van der Waals surface area contributed by atoms with E-state index in [1.807, 2.05) is 6.07 Å². The van der Waals surface area contributed by atoms with Crippen molar-refractivity contribution in [2.75, 3.05) is 6.61 Å². The van der Waals surface area contributed by atoms with Gasteiger partial charge in [-0.15, -0.1) is 0 Å².